The molecule has 3 N–H and O–H groups in total. The van der Waals surface area contributed by atoms with Crippen LogP contribution in [0.15, 0.2) is 24.5 Å². The van der Waals surface area contributed by atoms with Crippen LogP contribution in [0.1, 0.15) is 13.8 Å². The number of nitrogens with one attached hydrogen (secondary N) is 1. The fraction of sp³-hybridized carbons (Fsp3) is 0.385. The van der Waals surface area contributed by atoms with Crippen LogP contribution in [0, 0.1) is 0 Å². The van der Waals surface area contributed by atoms with Gasteiger partial charge in [0.25, 0.3) is 0 Å². The molecule has 0 aliphatic heterocycles. The smallest absolute Gasteiger partial charge is 0.147 e. The lowest BCUT2D eigenvalue weighted by Gasteiger charge is -2.23. The Balaban J connectivity index is 2.24. The van der Waals surface area contributed by atoms with E-state index in [4.69, 9.17) is 10.5 Å². The molecule has 0 aliphatic rings. The minimum atomic E-state index is -0.245. The fourth-order valence-electron chi connectivity index (χ4n) is 1.58. The molecule has 102 valence electrons. The van der Waals surface area contributed by atoms with Gasteiger partial charge in [0.15, 0.2) is 0 Å². The zero-order chi connectivity index (χ0) is 13.9. The average Bonchev–Trinajstić information content (AvgIpc) is 2.79. The maximum Gasteiger partial charge on any atom is 0.147 e. The van der Waals surface area contributed by atoms with E-state index in [1.165, 1.54) is 11.5 Å². The molecule has 2 aromatic rings. The summed E-state index contributed by atoms with van der Waals surface area (Å²) in [6, 6.07) is 3.86. The van der Waals surface area contributed by atoms with E-state index < -0.39 is 0 Å². The lowest BCUT2D eigenvalue weighted by Crippen LogP contribution is -2.31. The average molecular weight is 278 g/mol. The first-order chi connectivity index (χ1) is 9.03. The molecule has 0 spiro atoms. The van der Waals surface area contributed by atoms with Crippen LogP contribution < -0.4 is 11.1 Å². The van der Waals surface area contributed by atoms with Gasteiger partial charge in [-0.05, 0) is 31.4 Å². The molecule has 0 aliphatic carbocycles. The Labute approximate surface area is 117 Å². The first-order valence-electron chi connectivity index (χ1n) is 5.98. The molecule has 0 amide bonds. The van der Waals surface area contributed by atoms with Crippen LogP contribution in [0.5, 0.6) is 0 Å². The Morgan fingerprint density at radius 2 is 2.26 bits per heavy atom. The number of rotatable bonds is 5. The number of anilines is 2. The molecular weight excluding hydrogens is 260 g/mol. The lowest BCUT2D eigenvalue weighted by atomic mass is 10.1. The quantitative estimate of drug-likeness (QED) is 0.879. The summed E-state index contributed by atoms with van der Waals surface area (Å²) in [6.07, 6.45) is 3.52. The van der Waals surface area contributed by atoms with Crippen molar-refractivity contribution >= 4 is 22.4 Å². The highest BCUT2D eigenvalue weighted by Crippen LogP contribution is 2.36. The standard InChI is InChI=1S/C13H18N4OS/c1-13(2,18-3)8-16-12-10(11(14)17-19-12)9-5-4-6-15-7-9/h4-7,16H,8H2,1-3H3,(H2,14,17). The van der Waals surface area contributed by atoms with Crippen LogP contribution in [0.4, 0.5) is 10.8 Å². The Kier molecular flexibility index (Phi) is 4.01. The summed E-state index contributed by atoms with van der Waals surface area (Å²) in [7, 11) is 1.70. The number of aromatic nitrogens is 2. The number of hydrogen-bond donors (Lipinski definition) is 2. The summed E-state index contributed by atoms with van der Waals surface area (Å²) in [4.78, 5) is 4.12. The van der Waals surface area contributed by atoms with E-state index >= 15 is 0 Å². The van der Waals surface area contributed by atoms with E-state index in [0.29, 0.717) is 12.4 Å². The van der Waals surface area contributed by atoms with Gasteiger partial charge < -0.3 is 15.8 Å². The minimum absolute atomic E-state index is 0.245. The van der Waals surface area contributed by atoms with Crippen molar-refractivity contribution in [1.29, 1.82) is 0 Å². The second-order valence-electron chi connectivity index (χ2n) is 4.83. The van der Waals surface area contributed by atoms with Gasteiger partial charge >= 0.3 is 0 Å². The molecule has 2 aromatic heterocycles. The molecular formula is C13H18N4OS. The van der Waals surface area contributed by atoms with Crippen molar-refractivity contribution in [2.45, 2.75) is 19.4 Å². The number of nitrogens with two attached hydrogens (primary N) is 1. The van der Waals surface area contributed by atoms with Gasteiger partial charge in [0.1, 0.15) is 10.8 Å². The van der Waals surface area contributed by atoms with Gasteiger partial charge in [-0.2, -0.15) is 4.37 Å². The second-order valence-corrected chi connectivity index (χ2v) is 5.60. The number of nitrogens with zero attached hydrogens (tertiary/aromatic N) is 2. The predicted molar refractivity (Wildman–Crippen MR) is 79.3 cm³/mol. The molecule has 2 heterocycles. The third-order valence-electron chi connectivity index (χ3n) is 2.90. The van der Waals surface area contributed by atoms with Crippen molar-refractivity contribution in [1.82, 2.24) is 9.36 Å². The van der Waals surface area contributed by atoms with E-state index in [2.05, 4.69) is 14.7 Å². The Bertz CT molecular complexity index is 539. The van der Waals surface area contributed by atoms with E-state index in [-0.39, 0.29) is 5.60 Å². The number of hydrogen-bond acceptors (Lipinski definition) is 6. The predicted octanol–water partition coefficient (Wildman–Crippen LogP) is 2.62. The van der Waals surface area contributed by atoms with Crippen molar-refractivity contribution < 1.29 is 4.74 Å². The van der Waals surface area contributed by atoms with Gasteiger partial charge in [-0.1, -0.05) is 6.07 Å². The van der Waals surface area contributed by atoms with Crippen molar-refractivity contribution in [2.24, 2.45) is 0 Å². The fourth-order valence-corrected chi connectivity index (χ4v) is 2.31. The Morgan fingerprint density at radius 1 is 1.47 bits per heavy atom. The van der Waals surface area contributed by atoms with E-state index in [1.807, 2.05) is 26.0 Å². The van der Waals surface area contributed by atoms with Gasteiger partial charge in [-0.15, -0.1) is 0 Å². The van der Waals surface area contributed by atoms with Gasteiger partial charge in [-0.25, -0.2) is 0 Å². The maximum atomic E-state index is 5.95. The molecule has 0 atom stereocenters. The second kappa shape index (κ2) is 5.54. The van der Waals surface area contributed by atoms with Gasteiger partial charge in [0.05, 0.1) is 11.2 Å². The van der Waals surface area contributed by atoms with Crippen LogP contribution in [0.25, 0.3) is 11.1 Å². The maximum absolute atomic E-state index is 5.95. The van der Waals surface area contributed by atoms with Crippen molar-refractivity contribution in [3.8, 4) is 11.1 Å². The monoisotopic (exact) mass is 278 g/mol. The largest absolute Gasteiger partial charge is 0.382 e. The number of nitrogen functional groups attached to an aromatic ring is 1. The number of ether oxygens (including phenoxy) is 1. The topological polar surface area (TPSA) is 73.1 Å². The zero-order valence-electron chi connectivity index (χ0n) is 11.3. The summed E-state index contributed by atoms with van der Waals surface area (Å²) in [5.74, 6) is 0.524. The summed E-state index contributed by atoms with van der Waals surface area (Å²) in [5, 5.41) is 4.29. The third-order valence-corrected chi connectivity index (χ3v) is 3.71. The first-order valence-corrected chi connectivity index (χ1v) is 6.75. The molecule has 0 aromatic carbocycles. The van der Waals surface area contributed by atoms with Gasteiger partial charge in [-0.3, -0.25) is 4.98 Å². The molecule has 0 fully saturated rings. The highest BCUT2D eigenvalue weighted by atomic mass is 32.1. The molecule has 0 bridgehead atoms. The van der Waals surface area contributed by atoms with Crippen molar-refractivity contribution in [3.05, 3.63) is 24.5 Å². The van der Waals surface area contributed by atoms with Gasteiger partial charge in [0.2, 0.25) is 0 Å². The first kappa shape index (κ1) is 13.8. The highest BCUT2D eigenvalue weighted by molar-refractivity contribution is 7.11. The molecule has 0 saturated carbocycles. The number of pyridine rings is 1. The molecule has 5 nitrogen and oxygen atoms in total. The zero-order valence-corrected chi connectivity index (χ0v) is 12.1. The van der Waals surface area contributed by atoms with Crippen LogP contribution in [0.2, 0.25) is 0 Å². The summed E-state index contributed by atoms with van der Waals surface area (Å²) in [6.45, 7) is 4.72. The highest BCUT2D eigenvalue weighted by Gasteiger charge is 2.19. The number of methoxy groups -OCH3 is 1. The van der Waals surface area contributed by atoms with Crippen molar-refractivity contribution in [3.63, 3.8) is 0 Å². The SMILES string of the molecule is COC(C)(C)CNc1snc(N)c1-c1cccnc1. The van der Waals surface area contributed by atoms with Gasteiger partial charge in [0, 0.05) is 31.6 Å². The van der Waals surface area contributed by atoms with E-state index in [1.54, 1.807) is 19.5 Å². The Morgan fingerprint density at radius 3 is 2.89 bits per heavy atom. The Hall–Kier alpha value is -1.66. The molecule has 2 rings (SSSR count). The molecule has 19 heavy (non-hydrogen) atoms. The molecule has 6 heteroatoms. The van der Waals surface area contributed by atoms with E-state index in [9.17, 15) is 0 Å². The normalized spacial score (nSPS) is 11.5. The van der Waals surface area contributed by atoms with E-state index in [0.717, 1.165) is 16.1 Å². The molecule has 0 radical (unpaired) electrons. The summed E-state index contributed by atoms with van der Waals surface area (Å²) >= 11 is 1.35. The van der Waals surface area contributed by atoms with Crippen LogP contribution in [-0.2, 0) is 4.74 Å². The van der Waals surface area contributed by atoms with Crippen LogP contribution in [-0.4, -0.2) is 28.6 Å². The summed E-state index contributed by atoms with van der Waals surface area (Å²) < 4.78 is 9.60. The molecule has 0 saturated heterocycles. The lowest BCUT2D eigenvalue weighted by molar-refractivity contribution is 0.0344. The van der Waals surface area contributed by atoms with Crippen LogP contribution in [0.3, 0.4) is 0 Å². The van der Waals surface area contributed by atoms with Crippen LogP contribution >= 0.6 is 11.5 Å². The minimum Gasteiger partial charge on any atom is -0.382 e. The molecule has 0 unspecified atom stereocenters. The summed E-state index contributed by atoms with van der Waals surface area (Å²) in [5.41, 5.74) is 7.57. The van der Waals surface area contributed by atoms with Crippen molar-refractivity contribution in [2.75, 3.05) is 24.7 Å². The third kappa shape index (κ3) is 3.21.